The van der Waals surface area contributed by atoms with E-state index in [1.165, 1.54) is 26.2 Å². The second kappa shape index (κ2) is 8.99. The predicted molar refractivity (Wildman–Crippen MR) is 116 cm³/mol. The van der Waals surface area contributed by atoms with E-state index in [2.05, 4.69) is 29.4 Å². The summed E-state index contributed by atoms with van der Waals surface area (Å²) in [6.45, 7) is 4.17. The number of hydrogen-bond acceptors (Lipinski definition) is 7. The van der Waals surface area contributed by atoms with Crippen LogP contribution >= 0.6 is 11.8 Å². The number of rotatable bonds is 7. The van der Waals surface area contributed by atoms with Crippen molar-refractivity contribution in [1.82, 2.24) is 14.5 Å². The fourth-order valence-corrected chi connectivity index (χ4v) is 4.32. The highest BCUT2D eigenvalue weighted by Crippen LogP contribution is 2.25. The van der Waals surface area contributed by atoms with Gasteiger partial charge in [0, 0.05) is 35.4 Å². The van der Waals surface area contributed by atoms with E-state index in [9.17, 15) is 13.2 Å². The lowest BCUT2D eigenvalue weighted by molar-refractivity contribution is 0.102. The lowest BCUT2D eigenvalue weighted by atomic mass is 10.2. The molecule has 30 heavy (non-hydrogen) atoms. The van der Waals surface area contributed by atoms with Gasteiger partial charge in [0.1, 0.15) is 0 Å². The second-order valence-corrected chi connectivity index (χ2v) is 10.7. The molecule has 0 saturated heterocycles. The lowest BCUT2D eigenvalue weighted by Gasteiger charge is -2.11. The van der Waals surface area contributed by atoms with Crippen molar-refractivity contribution in [2.75, 3.05) is 19.4 Å². The number of benzene rings is 2. The number of carbonyl (C=O) groups excluding carboxylic acids is 1. The summed E-state index contributed by atoms with van der Waals surface area (Å²) >= 11 is 1.66. The van der Waals surface area contributed by atoms with E-state index < -0.39 is 10.0 Å². The highest BCUT2D eigenvalue weighted by molar-refractivity contribution is 7.99. The zero-order chi connectivity index (χ0) is 21.9. The Morgan fingerprint density at radius 2 is 1.80 bits per heavy atom. The van der Waals surface area contributed by atoms with Crippen LogP contribution in [-0.4, -0.2) is 48.2 Å². The van der Waals surface area contributed by atoms with Crippen LogP contribution in [-0.2, 0) is 10.0 Å². The molecule has 1 amide bonds. The summed E-state index contributed by atoms with van der Waals surface area (Å²) in [6.07, 6.45) is 0. The van der Waals surface area contributed by atoms with E-state index in [0.29, 0.717) is 16.4 Å². The molecule has 0 bridgehead atoms. The largest absolute Gasteiger partial charge is 0.403 e. The van der Waals surface area contributed by atoms with Crippen molar-refractivity contribution in [3.8, 4) is 11.5 Å². The van der Waals surface area contributed by atoms with Gasteiger partial charge in [-0.3, -0.25) is 10.1 Å². The van der Waals surface area contributed by atoms with Gasteiger partial charge in [-0.25, -0.2) is 12.7 Å². The molecule has 2 aromatic carbocycles. The van der Waals surface area contributed by atoms with Crippen LogP contribution in [0.15, 0.2) is 62.7 Å². The molecule has 158 valence electrons. The highest BCUT2D eigenvalue weighted by Gasteiger charge is 2.18. The first-order chi connectivity index (χ1) is 14.2. The van der Waals surface area contributed by atoms with E-state index in [4.69, 9.17) is 4.42 Å². The van der Waals surface area contributed by atoms with Gasteiger partial charge >= 0.3 is 6.01 Å². The standard InChI is InChI=1S/C20H22N4O4S2/c1-13(2)29-16-7-5-6-15(12-16)18(25)21-20-23-22-19(28-20)14-8-10-17(11-9-14)30(26,27)24(3)4/h5-13H,1-4H3,(H,21,23,25). The van der Waals surface area contributed by atoms with Gasteiger partial charge in [-0.2, -0.15) is 0 Å². The molecular formula is C20H22N4O4S2. The summed E-state index contributed by atoms with van der Waals surface area (Å²) in [5, 5.41) is 10.8. The minimum atomic E-state index is -3.52. The maximum atomic E-state index is 12.5. The van der Waals surface area contributed by atoms with Crippen LogP contribution in [0, 0.1) is 0 Å². The molecule has 0 atom stereocenters. The number of sulfonamides is 1. The normalized spacial score (nSPS) is 11.8. The van der Waals surface area contributed by atoms with Crippen LogP contribution < -0.4 is 5.32 Å². The molecule has 1 heterocycles. The minimum Gasteiger partial charge on any atom is -0.403 e. The van der Waals surface area contributed by atoms with Gasteiger partial charge in [0.15, 0.2) is 0 Å². The number of amides is 1. The number of nitrogens with one attached hydrogen (secondary N) is 1. The third-order valence-electron chi connectivity index (χ3n) is 3.99. The number of hydrogen-bond donors (Lipinski definition) is 1. The summed E-state index contributed by atoms with van der Waals surface area (Å²) in [5.41, 5.74) is 1.02. The van der Waals surface area contributed by atoms with Gasteiger partial charge in [0.05, 0.1) is 4.90 Å². The molecule has 1 aromatic heterocycles. The van der Waals surface area contributed by atoms with E-state index in [1.54, 1.807) is 36.0 Å². The Labute approximate surface area is 179 Å². The molecule has 0 fully saturated rings. The molecule has 3 aromatic rings. The van der Waals surface area contributed by atoms with Crippen molar-refractivity contribution in [3.63, 3.8) is 0 Å². The Kier molecular flexibility index (Phi) is 6.59. The van der Waals surface area contributed by atoms with E-state index >= 15 is 0 Å². The topological polar surface area (TPSA) is 105 Å². The maximum absolute atomic E-state index is 12.5. The first kappa shape index (κ1) is 22.0. The third-order valence-corrected chi connectivity index (χ3v) is 6.82. The first-order valence-electron chi connectivity index (χ1n) is 9.11. The zero-order valence-corrected chi connectivity index (χ0v) is 18.6. The van der Waals surface area contributed by atoms with E-state index in [0.717, 1.165) is 9.20 Å². The van der Waals surface area contributed by atoms with Crippen molar-refractivity contribution in [1.29, 1.82) is 0 Å². The van der Waals surface area contributed by atoms with Gasteiger partial charge in [-0.1, -0.05) is 25.0 Å². The van der Waals surface area contributed by atoms with Gasteiger partial charge < -0.3 is 4.42 Å². The lowest BCUT2D eigenvalue weighted by Crippen LogP contribution is -2.22. The molecule has 0 spiro atoms. The van der Waals surface area contributed by atoms with Crippen molar-refractivity contribution in [3.05, 3.63) is 54.1 Å². The molecule has 8 nitrogen and oxygen atoms in total. The summed E-state index contributed by atoms with van der Waals surface area (Å²) in [5.74, 6) is -0.188. The molecule has 0 aliphatic carbocycles. The van der Waals surface area contributed by atoms with Gasteiger partial charge in [0.2, 0.25) is 15.9 Å². The molecule has 1 N–H and O–H groups in total. The van der Waals surface area contributed by atoms with Gasteiger partial charge in [-0.15, -0.1) is 16.9 Å². The number of nitrogens with zero attached hydrogens (tertiary/aromatic N) is 3. The fourth-order valence-electron chi connectivity index (χ4n) is 2.52. The summed E-state index contributed by atoms with van der Waals surface area (Å²) in [6, 6.07) is 13.3. The van der Waals surface area contributed by atoms with Gasteiger partial charge in [0.25, 0.3) is 5.91 Å². The quantitative estimate of drug-likeness (QED) is 0.551. The molecule has 3 rings (SSSR count). The van der Waals surface area contributed by atoms with Crippen molar-refractivity contribution < 1.29 is 17.6 Å². The first-order valence-corrected chi connectivity index (χ1v) is 11.4. The van der Waals surface area contributed by atoms with Crippen molar-refractivity contribution in [2.24, 2.45) is 0 Å². The fraction of sp³-hybridized carbons (Fsp3) is 0.250. The average molecular weight is 447 g/mol. The number of anilines is 1. The van der Waals surface area contributed by atoms with Crippen LogP contribution in [0.3, 0.4) is 0 Å². The van der Waals surface area contributed by atoms with E-state index in [-0.39, 0.29) is 22.7 Å². The van der Waals surface area contributed by atoms with Crippen LogP contribution in [0.5, 0.6) is 0 Å². The zero-order valence-electron chi connectivity index (χ0n) is 17.0. The minimum absolute atomic E-state index is 0.0399. The monoisotopic (exact) mass is 446 g/mol. The maximum Gasteiger partial charge on any atom is 0.322 e. The molecular weight excluding hydrogens is 424 g/mol. The Morgan fingerprint density at radius 3 is 2.43 bits per heavy atom. The Bertz CT molecular complexity index is 1140. The predicted octanol–water partition coefficient (Wildman–Crippen LogP) is 3.74. The smallest absolute Gasteiger partial charge is 0.322 e. The van der Waals surface area contributed by atoms with Gasteiger partial charge in [-0.05, 0) is 42.5 Å². The Hall–Kier alpha value is -2.69. The van der Waals surface area contributed by atoms with Crippen molar-refractivity contribution >= 4 is 33.7 Å². The van der Waals surface area contributed by atoms with Crippen LogP contribution in [0.1, 0.15) is 24.2 Å². The Morgan fingerprint density at radius 1 is 1.10 bits per heavy atom. The number of aromatic nitrogens is 2. The SMILES string of the molecule is CC(C)Sc1cccc(C(=O)Nc2nnc(-c3ccc(S(=O)(=O)N(C)C)cc3)o2)c1. The molecule has 0 unspecified atom stereocenters. The summed E-state index contributed by atoms with van der Waals surface area (Å²) in [4.78, 5) is 13.7. The highest BCUT2D eigenvalue weighted by atomic mass is 32.2. The molecule has 0 radical (unpaired) electrons. The second-order valence-electron chi connectivity index (χ2n) is 6.87. The number of carbonyl (C=O) groups is 1. The third kappa shape index (κ3) is 5.07. The van der Waals surface area contributed by atoms with E-state index in [1.807, 2.05) is 12.1 Å². The molecule has 0 saturated carbocycles. The summed E-state index contributed by atoms with van der Waals surface area (Å²) < 4.78 is 30.9. The summed E-state index contributed by atoms with van der Waals surface area (Å²) in [7, 11) is -0.589. The van der Waals surface area contributed by atoms with Crippen LogP contribution in [0.4, 0.5) is 6.01 Å². The number of thioether (sulfide) groups is 1. The van der Waals surface area contributed by atoms with Crippen LogP contribution in [0.2, 0.25) is 0 Å². The van der Waals surface area contributed by atoms with Crippen LogP contribution in [0.25, 0.3) is 11.5 Å². The molecule has 0 aliphatic rings. The van der Waals surface area contributed by atoms with Crippen molar-refractivity contribution in [2.45, 2.75) is 28.9 Å². The Balaban J connectivity index is 1.73. The average Bonchev–Trinajstić information content (AvgIpc) is 3.16. The molecule has 0 aliphatic heterocycles. The molecule has 10 heteroatoms.